The van der Waals surface area contributed by atoms with Gasteiger partial charge in [0.15, 0.2) is 5.82 Å². The fourth-order valence-electron chi connectivity index (χ4n) is 2.10. The second-order valence-electron chi connectivity index (χ2n) is 5.89. The number of aromatic nitrogens is 2. The summed E-state index contributed by atoms with van der Waals surface area (Å²) >= 11 is 0. The first-order chi connectivity index (χ1) is 7.85. The summed E-state index contributed by atoms with van der Waals surface area (Å²) < 4.78 is 5.39. The molecule has 4 nitrogen and oxygen atoms in total. The quantitative estimate of drug-likeness (QED) is 0.867. The van der Waals surface area contributed by atoms with Gasteiger partial charge in [0, 0.05) is 17.9 Å². The van der Waals surface area contributed by atoms with E-state index in [1.165, 1.54) is 0 Å². The minimum absolute atomic E-state index is 0. The Morgan fingerprint density at radius 1 is 1.28 bits per heavy atom. The maximum atomic E-state index is 5.39. The minimum Gasteiger partial charge on any atom is -0.339 e. The standard InChI is InChI=1S/C13H25N3O.ClH/c1-9(2)8-13(4,5)12-15-11(16-17-12)7-10(3)14-6;/h9-10,14H,7-8H2,1-6H3;1H. The Bertz CT molecular complexity index is 350. The predicted octanol–water partition coefficient (Wildman–Crippen LogP) is 2.97. The molecule has 0 spiro atoms. The van der Waals surface area contributed by atoms with Crippen molar-refractivity contribution in [1.82, 2.24) is 15.5 Å². The highest BCUT2D eigenvalue weighted by Crippen LogP contribution is 2.29. The van der Waals surface area contributed by atoms with Gasteiger partial charge in [-0.05, 0) is 26.3 Å². The van der Waals surface area contributed by atoms with E-state index in [-0.39, 0.29) is 17.8 Å². The number of hydrogen-bond donors (Lipinski definition) is 1. The van der Waals surface area contributed by atoms with Gasteiger partial charge in [-0.15, -0.1) is 12.4 Å². The van der Waals surface area contributed by atoms with Gasteiger partial charge in [0.25, 0.3) is 0 Å². The molecule has 0 aliphatic carbocycles. The highest BCUT2D eigenvalue weighted by atomic mass is 35.5. The van der Waals surface area contributed by atoms with Gasteiger partial charge in [-0.2, -0.15) is 4.98 Å². The molecule has 0 amide bonds. The molecule has 1 unspecified atom stereocenters. The van der Waals surface area contributed by atoms with Crippen LogP contribution in [-0.4, -0.2) is 23.2 Å². The summed E-state index contributed by atoms with van der Waals surface area (Å²) in [6, 6.07) is 0.369. The third kappa shape index (κ3) is 4.94. The summed E-state index contributed by atoms with van der Waals surface area (Å²) in [6.45, 7) is 10.8. The summed E-state index contributed by atoms with van der Waals surface area (Å²) in [6.07, 6.45) is 1.86. The Kier molecular flexibility index (Phi) is 6.86. The third-order valence-corrected chi connectivity index (χ3v) is 2.95. The molecular weight excluding hydrogens is 250 g/mol. The number of rotatable bonds is 6. The normalized spacial score (nSPS) is 13.5. The first kappa shape index (κ1) is 17.4. The molecule has 1 aromatic rings. The predicted molar refractivity (Wildman–Crippen MR) is 76.3 cm³/mol. The maximum Gasteiger partial charge on any atom is 0.232 e. The number of hydrogen-bond acceptors (Lipinski definition) is 4. The maximum absolute atomic E-state index is 5.39. The lowest BCUT2D eigenvalue weighted by molar-refractivity contribution is 0.273. The summed E-state index contributed by atoms with van der Waals surface area (Å²) in [4.78, 5) is 4.51. The molecule has 0 radical (unpaired) electrons. The molecule has 1 N–H and O–H groups in total. The molecule has 106 valence electrons. The molecule has 1 heterocycles. The van der Waals surface area contributed by atoms with E-state index in [0.717, 1.165) is 24.6 Å². The third-order valence-electron chi connectivity index (χ3n) is 2.95. The molecule has 1 rings (SSSR count). The topological polar surface area (TPSA) is 51.0 Å². The van der Waals surface area contributed by atoms with Crippen molar-refractivity contribution in [2.45, 2.75) is 58.9 Å². The lowest BCUT2D eigenvalue weighted by Gasteiger charge is -2.21. The second-order valence-corrected chi connectivity index (χ2v) is 5.89. The van der Waals surface area contributed by atoms with Crippen LogP contribution in [0.4, 0.5) is 0 Å². The molecule has 0 bridgehead atoms. The lowest BCUT2D eigenvalue weighted by Crippen LogP contribution is -2.24. The zero-order chi connectivity index (χ0) is 13.1. The number of nitrogens with one attached hydrogen (secondary N) is 1. The largest absolute Gasteiger partial charge is 0.339 e. The van der Waals surface area contributed by atoms with E-state index >= 15 is 0 Å². The van der Waals surface area contributed by atoms with Crippen LogP contribution in [-0.2, 0) is 11.8 Å². The molecule has 0 saturated carbocycles. The molecule has 0 aromatic carbocycles. The van der Waals surface area contributed by atoms with Crippen LogP contribution in [0.5, 0.6) is 0 Å². The van der Waals surface area contributed by atoms with Crippen molar-refractivity contribution in [3.05, 3.63) is 11.7 Å². The molecule has 5 heteroatoms. The van der Waals surface area contributed by atoms with Crippen molar-refractivity contribution in [3.8, 4) is 0 Å². The van der Waals surface area contributed by atoms with Crippen molar-refractivity contribution in [3.63, 3.8) is 0 Å². The highest BCUT2D eigenvalue weighted by Gasteiger charge is 2.28. The van der Waals surface area contributed by atoms with E-state index in [2.05, 4.69) is 50.1 Å². The van der Waals surface area contributed by atoms with E-state index in [1.54, 1.807) is 0 Å². The van der Waals surface area contributed by atoms with E-state index in [9.17, 15) is 0 Å². The van der Waals surface area contributed by atoms with Crippen molar-refractivity contribution >= 4 is 12.4 Å². The van der Waals surface area contributed by atoms with Crippen LogP contribution in [0, 0.1) is 5.92 Å². The first-order valence-electron chi connectivity index (χ1n) is 6.35. The zero-order valence-electron chi connectivity index (χ0n) is 12.3. The van der Waals surface area contributed by atoms with Crippen LogP contribution < -0.4 is 5.32 Å². The van der Waals surface area contributed by atoms with Gasteiger partial charge in [-0.25, -0.2) is 0 Å². The fourth-order valence-corrected chi connectivity index (χ4v) is 2.10. The average molecular weight is 276 g/mol. The smallest absolute Gasteiger partial charge is 0.232 e. The second kappa shape index (κ2) is 7.10. The van der Waals surface area contributed by atoms with Crippen LogP contribution in [0.25, 0.3) is 0 Å². The Morgan fingerprint density at radius 2 is 1.89 bits per heavy atom. The summed E-state index contributed by atoms with van der Waals surface area (Å²) in [5.74, 6) is 2.17. The molecular formula is C13H26ClN3O. The Hall–Kier alpha value is -0.610. The fraction of sp³-hybridized carbons (Fsp3) is 0.846. The molecule has 18 heavy (non-hydrogen) atoms. The van der Waals surface area contributed by atoms with Gasteiger partial charge in [0.1, 0.15) is 0 Å². The van der Waals surface area contributed by atoms with Gasteiger partial charge in [0.2, 0.25) is 5.89 Å². The average Bonchev–Trinajstić information content (AvgIpc) is 2.64. The Balaban J connectivity index is 0.00000289. The van der Waals surface area contributed by atoms with Crippen LogP contribution in [0.15, 0.2) is 4.52 Å². The van der Waals surface area contributed by atoms with Gasteiger partial charge in [0.05, 0.1) is 0 Å². The van der Waals surface area contributed by atoms with E-state index in [4.69, 9.17) is 4.52 Å². The van der Waals surface area contributed by atoms with Crippen LogP contribution in [0.3, 0.4) is 0 Å². The first-order valence-corrected chi connectivity index (χ1v) is 6.35. The number of likely N-dealkylation sites (N-methyl/N-ethyl adjacent to an activating group) is 1. The highest BCUT2D eigenvalue weighted by molar-refractivity contribution is 5.85. The van der Waals surface area contributed by atoms with E-state index < -0.39 is 0 Å². The molecule has 0 aliphatic rings. The summed E-state index contributed by atoms with van der Waals surface area (Å²) in [5, 5.41) is 7.22. The van der Waals surface area contributed by atoms with E-state index in [1.807, 2.05) is 7.05 Å². The van der Waals surface area contributed by atoms with Crippen molar-refractivity contribution in [2.24, 2.45) is 5.92 Å². The van der Waals surface area contributed by atoms with Crippen molar-refractivity contribution in [2.75, 3.05) is 7.05 Å². The monoisotopic (exact) mass is 275 g/mol. The Morgan fingerprint density at radius 3 is 2.39 bits per heavy atom. The van der Waals surface area contributed by atoms with Crippen LogP contribution >= 0.6 is 12.4 Å². The summed E-state index contributed by atoms with van der Waals surface area (Å²) in [7, 11) is 1.94. The lowest BCUT2D eigenvalue weighted by atomic mass is 9.84. The number of halogens is 1. The Labute approximate surface area is 116 Å². The number of nitrogens with zero attached hydrogens (tertiary/aromatic N) is 2. The van der Waals surface area contributed by atoms with Crippen molar-refractivity contribution in [1.29, 1.82) is 0 Å². The van der Waals surface area contributed by atoms with Gasteiger partial charge < -0.3 is 9.84 Å². The minimum atomic E-state index is -0.0394. The van der Waals surface area contributed by atoms with E-state index in [0.29, 0.717) is 12.0 Å². The summed E-state index contributed by atoms with van der Waals surface area (Å²) in [5.41, 5.74) is -0.0394. The van der Waals surface area contributed by atoms with Crippen LogP contribution in [0.1, 0.15) is 52.8 Å². The van der Waals surface area contributed by atoms with Crippen molar-refractivity contribution < 1.29 is 4.52 Å². The molecule has 0 fully saturated rings. The molecule has 0 aliphatic heterocycles. The SMILES string of the molecule is CNC(C)Cc1noc(C(C)(C)CC(C)C)n1.Cl. The molecule has 1 aromatic heterocycles. The van der Waals surface area contributed by atoms with Gasteiger partial charge in [-0.3, -0.25) is 0 Å². The molecule has 0 saturated heterocycles. The van der Waals surface area contributed by atoms with Gasteiger partial charge in [-0.1, -0.05) is 32.9 Å². The molecule has 1 atom stereocenters. The zero-order valence-corrected chi connectivity index (χ0v) is 13.1. The van der Waals surface area contributed by atoms with Gasteiger partial charge >= 0.3 is 0 Å². The van der Waals surface area contributed by atoms with Crippen LogP contribution in [0.2, 0.25) is 0 Å².